The highest BCUT2D eigenvalue weighted by atomic mass is 16.5. The summed E-state index contributed by atoms with van der Waals surface area (Å²) in [5.74, 6) is -0.378. The minimum Gasteiger partial charge on any atom is -0.462 e. The fraction of sp³-hybridized carbons (Fsp3) is 0.222. The molecule has 0 aliphatic carbocycles. The van der Waals surface area contributed by atoms with Gasteiger partial charge in [-0.1, -0.05) is 18.2 Å². The van der Waals surface area contributed by atoms with E-state index in [9.17, 15) is 4.79 Å². The summed E-state index contributed by atoms with van der Waals surface area (Å²) in [5.41, 5.74) is 2.87. The van der Waals surface area contributed by atoms with Crippen molar-refractivity contribution in [1.29, 1.82) is 0 Å². The van der Waals surface area contributed by atoms with Gasteiger partial charge in [0.05, 0.1) is 36.2 Å². The fourth-order valence-electron chi connectivity index (χ4n) is 2.63. The van der Waals surface area contributed by atoms with Crippen LogP contribution in [0.5, 0.6) is 0 Å². The number of carbonyl (C=O) groups excluding carboxylic acids is 1. The largest absolute Gasteiger partial charge is 0.462 e. The van der Waals surface area contributed by atoms with E-state index in [0.717, 1.165) is 22.3 Å². The lowest BCUT2D eigenvalue weighted by Crippen LogP contribution is -2.21. The molecule has 122 valence electrons. The van der Waals surface area contributed by atoms with Gasteiger partial charge in [0.25, 0.3) is 0 Å². The fourth-order valence-corrected chi connectivity index (χ4v) is 2.63. The van der Waals surface area contributed by atoms with Crippen molar-refractivity contribution in [1.82, 2.24) is 15.0 Å². The molecule has 6 nitrogen and oxygen atoms in total. The molecule has 0 bridgehead atoms. The molecular weight excluding hydrogens is 304 g/mol. The van der Waals surface area contributed by atoms with Crippen LogP contribution in [0.15, 0.2) is 49.1 Å². The van der Waals surface area contributed by atoms with Gasteiger partial charge in [0.1, 0.15) is 5.56 Å². The minimum absolute atomic E-state index is 0.318. The van der Waals surface area contributed by atoms with E-state index in [1.165, 1.54) is 0 Å². The van der Waals surface area contributed by atoms with E-state index >= 15 is 0 Å². The van der Waals surface area contributed by atoms with Gasteiger partial charge in [0.2, 0.25) is 0 Å². The SMILES string of the molecule is CCOC(=O)c1cnc2ccccc2c1N(C)Cc1cnccn1. The molecule has 2 aromatic heterocycles. The van der Waals surface area contributed by atoms with Gasteiger partial charge in [-0.15, -0.1) is 0 Å². The lowest BCUT2D eigenvalue weighted by molar-refractivity contribution is 0.0527. The van der Waals surface area contributed by atoms with E-state index < -0.39 is 0 Å². The average molecular weight is 322 g/mol. The highest BCUT2D eigenvalue weighted by Crippen LogP contribution is 2.30. The van der Waals surface area contributed by atoms with Crippen LogP contribution >= 0.6 is 0 Å². The average Bonchev–Trinajstić information content (AvgIpc) is 2.61. The van der Waals surface area contributed by atoms with Crippen molar-refractivity contribution in [2.45, 2.75) is 13.5 Å². The second-order valence-electron chi connectivity index (χ2n) is 5.31. The van der Waals surface area contributed by atoms with Gasteiger partial charge in [-0.05, 0) is 13.0 Å². The van der Waals surface area contributed by atoms with Crippen molar-refractivity contribution in [3.8, 4) is 0 Å². The molecule has 0 radical (unpaired) electrons. The summed E-state index contributed by atoms with van der Waals surface area (Å²) < 4.78 is 5.18. The van der Waals surface area contributed by atoms with Crippen molar-refractivity contribution in [3.63, 3.8) is 0 Å². The van der Waals surface area contributed by atoms with Crippen LogP contribution in [0.4, 0.5) is 5.69 Å². The van der Waals surface area contributed by atoms with Gasteiger partial charge in [0.15, 0.2) is 0 Å². The molecule has 0 saturated carbocycles. The molecule has 0 fully saturated rings. The number of para-hydroxylation sites is 1. The molecule has 0 aliphatic rings. The molecule has 0 aliphatic heterocycles. The first kappa shape index (κ1) is 15.9. The summed E-state index contributed by atoms with van der Waals surface area (Å²) in [5, 5.41) is 0.898. The maximum atomic E-state index is 12.3. The molecule has 0 N–H and O–H groups in total. The Bertz CT molecular complexity index is 852. The normalized spacial score (nSPS) is 10.6. The lowest BCUT2D eigenvalue weighted by Gasteiger charge is -2.23. The third-order valence-electron chi connectivity index (χ3n) is 3.64. The van der Waals surface area contributed by atoms with E-state index in [4.69, 9.17) is 4.74 Å². The summed E-state index contributed by atoms with van der Waals surface area (Å²) in [4.78, 5) is 27.1. The molecule has 24 heavy (non-hydrogen) atoms. The van der Waals surface area contributed by atoms with E-state index in [1.807, 2.05) is 36.2 Å². The molecule has 2 heterocycles. The van der Waals surface area contributed by atoms with Crippen molar-refractivity contribution in [3.05, 3.63) is 60.3 Å². The first-order chi connectivity index (χ1) is 11.7. The zero-order chi connectivity index (χ0) is 16.9. The molecule has 0 saturated heterocycles. The number of pyridine rings is 1. The topological polar surface area (TPSA) is 68.2 Å². The van der Waals surface area contributed by atoms with Gasteiger partial charge in [0, 0.05) is 31.0 Å². The molecule has 0 spiro atoms. The number of hydrogen-bond donors (Lipinski definition) is 0. The van der Waals surface area contributed by atoms with Crippen LogP contribution < -0.4 is 4.90 Å². The molecular formula is C18H18N4O2. The zero-order valence-electron chi connectivity index (χ0n) is 13.6. The second-order valence-corrected chi connectivity index (χ2v) is 5.31. The highest BCUT2D eigenvalue weighted by Gasteiger charge is 2.19. The van der Waals surface area contributed by atoms with Crippen LogP contribution in [0.2, 0.25) is 0 Å². The minimum atomic E-state index is -0.378. The second kappa shape index (κ2) is 7.04. The van der Waals surface area contributed by atoms with Crippen LogP contribution in [-0.2, 0) is 11.3 Å². The third-order valence-corrected chi connectivity index (χ3v) is 3.64. The number of esters is 1. The predicted molar refractivity (Wildman–Crippen MR) is 91.8 cm³/mol. The molecule has 0 atom stereocenters. The van der Waals surface area contributed by atoms with Crippen LogP contribution in [0.1, 0.15) is 23.0 Å². The Labute approximate surface area is 140 Å². The highest BCUT2D eigenvalue weighted by molar-refractivity contribution is 6.05. The number of anilines is 1. The summed E-state index contributed by atoms with van der Waals surface area (Å²) in [7, 11) is 1.92. The van der Waals surface area contributed by atoms with Gasteiger partial charge in [-0.3, -0.25) is 15.0 Å². The maximum absolute atomic E-state index is 12.3. The Morgan fingerprint density at radius 3 is 2.75 bits per heavy atom. The standard InChI is InChI=1S/C18H18N4O2/c1-3-24-18(23)15-11-21-16-7-5-4-6-14(16)17(15)22(2)12-13-10-19-8-9-20-13/h4-11H,3,12H2,1-2H3. The maximum Gasteiger partial charge on any atom is 0.341 e. The Morgan fingerprint density at radius 1 is 1.17 bits per heavy atom. The van der Waals surface area contributed by atoms with Crippen LogP contribution in [0.25, 0.3) is 10.9 Å². The third kappa shape index (κ3) is 3.17. The lowest BCUT2D eigenvalue weighted by atomic mass is 10.1. The molecule has 1 aromatic carbocycles. The number of benzene rings is 1. The number of aromatic nitrogens is 3. The Hall–Kier alpha value is -3.02. The van der Waals surface area contributed by atoms with Gasteiger partial charge in [-0.25, -0.2) is 4.79 Å². The van der Waals surface area contributed by atoms with Crippen LogP contribution in [-0.4, -0.2) is 34.6 Å². The molecule has 0 amide bonds. The van der Waals surface area contributed by atoms with E-state index in [0.29, 0.717) is 18.7 Å². The summed E-state index contributed by atoms with van der Waals surface area (Å²) in [6.45, 7) is 2.63. The molecule has 3 rings (SSSR count). The molecule has 3 aromatic rings. The smallest absolute Gasteiger partial charge is 0.341 e. The Morgan fingerprint density at radius 2 is 2.00 bits per heavy atom. The van der Waals surface area contributed by atoms with Gasteiger partial charge in [-0.2, -0.15) is 0 Å². The Kier molecular flexibility index (Phi) is 4.65. The van der Waals surface area contributed by atoms with Crippen LogP contribution in [0, 0.1) is 0 Å². The number of carbonyl (C=O) groups is 1. The number of ether oxygens (including phenoxy) is 1. The molecule has 0 unspecified atom stereocenters. The number of hydrogen-bond acceptors (Lipinski definition) is 6. The molecule has 6 heteroatoms. The quantitative estimate of drug-likeness (QED) is 0.673. The zero-order valence-corrected chi connectivity index (χ0v) is 13.6. The summed E-state index contributed by atoms with van der Waals surface area (Å²) >= 11 is 0. The van der Waals surface area contributed by atoms with E-state index in [-0.39, 0.29) is 5.97 Å². The van der Waals surface area contributed by atoms with Crippen LogP contribution in [0.3, 0.4) is 0 Å². The van der Waals surface area contributed by atoms with Gasteiger partial charge < -0.3 is 9.64 Å². The number of fused-ring (bicyclic) bond motifs is 1. The monoisotopic (exact) mass is 322 g/mol. The number of rotatable bonds is 5. The number of nitrogens with zero attached hydrogens (tertiary/aromatic N) is 4. The van der Waals surface area contributed by atoms with E-state index in [1.54, 1.807) is 31.7 Å². The van der Waals surface area contributed by atoms with Crippen molar-refractivity contribution in [2.75, 3.05) is 18.6 Å². The first-order valence-corrected chi connectivity index (χ1v) is 7.71. The first-order valence-electron chi connectivity index (χ1n) is 7.71. The van der Waals surface area contributed by atoms with Crippen molar-refractivity contribution in [2.24, 2.45) is 0 Å². The summed E-state index contributed by atoms with van der Waals surface area (Å²) in [6.07, 6.45) is 6.57. The van der Waals surface area contributed by atoms with Crippen molar-refractivity contribution < 1.29 is 9.53 Å². The van der Waals surface area contributed by atoms with Gasteiger partial charge >= 0.3 is 5.97 Å². The predicted octanol–water partition coefficient (Wildman–Crippen LogP) is 2.84. The Balaban J connectivity index is 2.08. The van der Waals surface area contributed by atoms with Crippen molar-refractivity contribution >= 4 is 22.6 Å². The summed E-state index contributed by atoms with van der Waals surface area (Å²) in [6, 6.07) is 7.72. The van der Waals surface area contributed by atoms with E-state index in [2.05, 4.69) is 15.0 Å².